The molecule has 0 saturated heterocycles. The molecule has 0 fully saturated rings. The predicted octanol–water partition coefficient (Wildman–Crippen LogP) is 6.22. The Bertz CT molecular complexity index is 1310. The van der Waals surface area contributed by atoms with Crippen LogP contribution in [0.4, 0.5) is 57.1 Å². The lowest BCUT2D eigenvalue weighted by Crippen LogP contribution is -2.21. The maximum atomic E-state index is 14.3. The molecule has 0 aliphatic carbocycles. The first kappa shape index (κ1) is 30.2. The van der Waals surface area contributed by atoms with Crippen LogP contribution in [-0.4, -0.2) is 18.5 Å². The molecule has 0 bridgehead atoms. The van der Waals surface area contributed by atoms with Crippen molar-refractivity contribution in [3.8, 4) is 0 Å². The van der Waals surface area contributed by atoms with E-state index < -0.39 is 99.4 Å². The summed E-state index contributed by atoms with van der Waals surface area (Å²) in [5.74, 6) is -24.7. The summed E-state index contributed by atoms with van der Waals surface area (Å²) in [6, 6.07) is 5.63. The van der Waals surface area contributed by atoms with E-state index in [1.807, 2.05) is 0 Å². The van der Waals surface area contributed by atoms with Crippen molar-refractivity contribution in [1.82, 2.24) is 0 Å². The Kier molecular flexibility index (Phi) is 8.81. The fraction of sp³-hybridized carbons (Fsp3) is 0.0526. The van der Waals surface area contributed by atoms with Gasteiger partial charge in [-0.3, -0.25) is 0 Å². The zero-order valence-electron chi connectivity index (χ0n) is 16.8. The van der Waals surface area contributed by atoms with Gasteiger partial charge < -0.3 is 4.55 Å². The number of hydrogen-bond acceptors (Lipinski definition) is 3. The largest absolute Gasteiger partial charge is 0.741 e. The lowest BCUT2D eigenvalue weighted by Gasteiger charge is -2.13. The van der Waals surface area contributed by atoms with Gasteiger partial charge in [-0.25, -0.2) is 34.8 Å². The number of halogens is 13. The molecule has 0 amide bonds. The van der Waals surface area contributed by atoms with Crippen LogP contribution >= 0.6 is 0 Å². The molecule has 37 heavy (non-hydrogen) atoms. The molecule has 0 N–H and O–H groups in total. The third kappa shape index (κ3) is 5.80. The summed E-state index contributed by atoms with van der Waals surface area (Å²) in [7, 11) is -9.00. The van der Waals surface area contributed by atoms with Crippen molar-refractivity contribution in [1.29, 1.82) is 0 Å². The van der Waals surface area contributed by atoms with E-state index in [-0.39, 0.29) is 0 Å². The molecular formula is C19H5F13O3S2. The summed E-state index contributed by atoms with van der Waals surface area (Å²) in [5.41, 5.74) is -5.65. The smallest absolute Gasteiger partial charge is 0.485 e. The third-order valence-corrected chi connectivity index (χ3v) is 6.85. The van der Waals surface area contributed by atoms with Crippen molar-refractivity contribution in [3.63, 3.8) is 0 Å². The minimum Gasteiger partial charge on any atom is -0.741 e. The molecule has 0 aliphatic rings. The van der Waals surface area contributed by atoms with Gasteiger partial charge in [-0.2, -0.15) is 30.7 Å². The molecule has 0 radical (unpaired) electrons. The number of rotatable bonds is 3. The van der Waals surface area contributed by atoms with Crippen LogP contribution in [0.25, 0.3) is 0 Å². The highest BCUT2D eigenvalue weighted by atomic mass is 32.2. The second-order valence-electron chi connectivity index (χ2n) is 6.32. The molecule has 0 aliphatic heterocycles. The van der Waals surface area contributed by atoms with Gasteiger partial charge >= 0.3 is 5.51 Å². The average molecular weight is 592 g/mol. The number of hydrogen-bond donors (Lipinski definition) is 0. The zero-order valence-corrected chi connectivity index (χ0v) is 18.5. The summed E-state index contributed by atoms with van der Waals surface area (Å²) in [6.07, 6.45) is 0. The van der Waals surface area contributed by atoms with Crippen molar-refractivity contribution in [2.24, 2.45) is 0 Å². The fourth-order valence-corrected chi connectivity index (χ4v) is 4.60. The highest BCUT2D eigenvalue weighted by molar-refractivity contribution is 7.97. The van der Waals surface area contributed by atoms with E-state index in [9.17, 15) is 57.1 Å². The van der Waals surface area contributed by atoms with Crippen LogP contribution in [0.2, 0.25) is 0 Å². The maximum Gasteiger partial charge on any atom is 0.485 e. The van der Waals surface area contributed by atoms with Crippen molar-refractivity contribution in [3.05, 3.63) is 88.5 Å². The molecule has 0 atom stereocenters. The Balaban J connectivity index is 0.000000521. The van der Waals surface area contributed by atoms with Crippen LogP contribution in [0.5, 0.6) is 0 Å². The van der Waals surface area contributed by atoms with Crippen LogP contribution in [0.3, 0.4) is 0 Å². The van der Waals surface area contributed by atoms with Crippen molar-refractivity contribution in [2.75, 3.05) is 0 Å². The van der Waals surface area contributed by atoms with E-state index in [4.69, 9.17) is 13.0 Å². The van der Waals surface area contributed by atoms with Crippen LogP contribution in [0.15, 0.2) is 45.0 Å². The predicted molar refractivity (Wildman–Crippen MR) is 96.8 cm³/mol. The Labute approximate surface area is 200 Å². The third-order valence-electron chi connectivity index (χ3n) is 4.01. The van der Waals surface area contributed by atoms with Gasteiger partial charge in [0.05, 0.1) is 0 Å². The summed E-state index contributed by atoms with van der Waals surface area (Å²) in [6.45, 7) is 0. The lowest BCUT2D eigenvalue weighted by molar-refractivity contribution is -0.0517. The second kappa shape index (κ2) is 10.8. The van der Waals surface area contributed by atoms with Crippen LogP contribution < -0.4 is 0 Å². The normalized spacial score (nSPS) is 12.0. The molecule has 0 unspecified atom stereocenters. The summed E-state index contributed by atoms with van der Waals surface area (Å²) in [4.78, 5) is -3.94. The lowest BCUT2D eigenvalue weighted by atomic mass is 10.3. The van der Waals surface area contributed by atoms with Crippen molar-refractivity contribution in [2.45, 2.75) is 20.2 Å². The van der Waals surface area contributed by atoms with Gasteiger partial charge in [-0.15, -0.1) is 0 Å². The Morgan fingerprint density at radius 3 is 1.03 bits per heavy atom. The van der Waals surface area contributed by atoms with Gasteiger partial charge in [0.15, 0.2) is 15.0 Å². The topological polar surface area (TPSA) is 57.2 Å². The van der Waals surface area contributed by atoms with E-state index >= 15 is 0 Å². The molecule has 0 heterocycles. The first-order valence-corrected chi connectivity index (χ1v) is 11.3. The Hall–Kier alpha value is -2.99. The van der Waals surface area contributed by atoms with Crippen LogP contribution in [0.1, 0.15) is 0 Å². The minimum atomic E-state index is -6.09. The first-order valence-electron chi connectivity index (χ1n) is 8.68. The molecule has 202 valence electrons. The average Bonchev–Trinajstić information content (AvgIpc) is 2.82. The number of benzene rings is 3. The zero-order chi connectivity index (χ0) is 28.6. The van der Waals surface area contributed by atoms with Crippen molar-refractivity contribution >= 4 is 21.0 Å². The molecule has 3 aromatic rings. The fourth-order valence-electron chi connectivity index (χ4n) is 2.42. The molecular weight excluding hydrogens is 587 g/mol. The summed E-state index contributed by atoms with van der Waals surface area (Å²) >= 11 is 0. The van der Waals surface area contributed by atoms with E-state index in [1.165, 1.54) is 18.2 Å². The molecule has 3 rings (SSSR count). The molecule has 0 spiro atoms. The van der Waals surface area contributed by atoms with Gasteiger partial charge in [0.1, 0.15) is 10.9 Å². The standard InChI is InChI=1S/C18H5F10S.CHF3O3S/c19-7-9(21)13(25)17(14(26)10(7)22)29(6-4-2-1-3-5-6)18-15(27)11(23)8(20)12(24)16(18)28;2-1(3,4)8(5,6)7/h1-5H;(H,5,6,7)/q+1;/p-1. The molecule has 0 aromatic heterocycles. The van der Waals surface area contributed by atoms with E-state index in [1.54, 1.807) is 0 Å². The van der Waals surface area contributed by atoms with Gasteiger partial charge in [0.2, 0.25) is 68.0 Å². The number of alkyl halides is 3. The molecule has 0 saturated carbocycles. The maximum absolute atomic E-state index is 14.3. The molecule has 18 heteroatoms. The van der Waals surface area contributed by atoms with Gasteiger partial charge in [0, 0.05) is 0 Å². The van der Waals surface area contributed by atoms with E-state index in [0.717, 1.165) is 12.1 Å². The molecule has 3 aromatic carbocycles. The SMILES string of the molecule is Fc1c(F)c(F)c([S+](c2ccccc2)c2c(F)c(F)c(F)c(F)c2F)c(F)c1F.O=S(=O)([O-])C(F)(F)F. The van der Waals surface area contributed by atoms with Crippen molar-refractivity contribution < 1.29 is 70.0 Å². The highest BCUT2D eigenvalue weighted by Gasteiger charge is 2.47. The second-order valence-corrected chi connectivity index (χ2v) is 9.59. The molecule has 3 nitrogen and oxygen atoms in total. The van der Waals surface area contributed by atoms with Gasteiger partial charge in [-0.1, -0.05) is 18.2 Å². The van der Waals surface area contributed by atoms with E-state index in [2.05, 4.69) is 0 Å². The first-order chi connectivity index (χ1) is 16.8. The summed E-state index contributed by atoms with van der Waals surface area (Å²) in [5, 5.41) is 0. The van der Waals surface area contributed by atoms with Gasteiger partial charge in [-0.05, 0) is 12.1 Å². The van der Waals surface area contributed by atoms with Gasteiger partial charge in [0.25, 0.3) is 0 Å². The van der Waals surface area contributed by atoms with Crippen LogP contribution in [0, 0.1) is 58.2 Å². The quantitative estimate of drug-likeness (QED) is 0.0906. The minimum absolute atomic E-state index is 0.459. The highest BCUT2D eigenvalue weighted by Crippen LogP contribution is 2.40. The Morgan fingerprint density at radius 2 is 0.784 bits per heavy atom. The Morgan fingerprint density at radius 1 is 0.541 bits per heavy atom. The van der Waals surface area contributed by atoms with E-state index in [0.29, 0.717) is 0 Å². The summed E-state index contributed by atoms with van der Waals surface area (Å²) < 4.78 is 198. The monoisotopic (exact) mass is 592 g/mol. The van der Waals surface area contributed by atoms with Crippen LogP contribution in [-0.2, 0) is 21.0 Å².